The molecule has 2 nitrogen and oxygen atoms in total. The molecule has 0 aliphatic carbocycles. The smallest absolute Gasteiger partial charge is 0.395 e. The number of hydrogen-bond donors (Lipinski definition) is 2. The Balaban J connectivity index is 2.38. The number of nitrogens with two attached hydrogens (primary N) is 1. The van der Waals surface area contributed by atoms with Crippen molar-refractivity contribution in [1.29, 1.82) is 0 Å². The Hall–Kier alpha value is -1.76. The highest BCUT2D eigenvalue weighted by Gasteiger charge is 2.33. The first-order valence-electron chi connectivity index (χ1n) is 5.47. The van der Waals surface area contributed by atoms with E-state index in [1.807, 2.05) is 0 Å². The van der Waals surface area contributed by atoms with Gasteiger partial charge < -0.3 is 11.1 Å². The number of hydrogen-bond acceptors (Lipinski definition) is 2. The Morgan fingerprint density at radius 1 is 1.10 bits per heavy atom. The molecule has 0 radical (unpaired) electrons. The first-order chi connectivity index (χ1) is 9.29. The Labute approximate surface area is 120 Å². The molecular formula is C13H9BrF4N2. The van der Waals surface area contributed by atoms with Crippen LogP contribution in [0.3, 0.4) is 0 Å². The first kappa shape index (κ1) is 14.6. The Morgan fingerprint density at radius 3 is 2.45 bits per heavy atom. The molecule has 20 heavy (non-hydrogen) atoms. The molecule has 0 saturated heterocycles. The fourth-order valence-electron chi connectivity index (χ4n) is 1.62. The summed E-state index contributed by atoms with van der Waals surface area (Å²) in [4.78, 5) is 0. The third-order valence-electron chi connectivity index (χ3n) is 2.60. The molecule has 2 rings (SSSR count). The van der Waals surface area contributed by atoms with Crippen LogP contribution in [-0.4, -0.2) is 0 Å². The zero-order valence-electron chi connectivity index (χ0n) is 9.93. The van der Waals surface area contributed by atoms with E-state index in [9.17, 15) is 17.6 Å². The van der Waals surface area contributed by atoms with E-state index in [0.717, 1.165) is 6.07 Å². The Bertz CT molecular complexity index is 641. The molecule has 0 fully saturated rings. The van der Waals surface area contributed by atoms with Crippen molar-refractivity contribution in [2.75, 3.05) is 11.1 Å². The van der Waals surface area contributed by atoms with Gasteiger partial charge in [-0.3, -0.25) is 0 Å². The van der Waals surface area contributed by atoms with Crippen LogP contribution >= 0.6 is 15.9 Å². The van der Waals surface area contributed by atoms with Gasteiger partial charge in [-0.05, 0) is 30.3 Å². The Morgan fingerprint density at radius 2 is 1.80 bits per heavy atom. The van der Waals surface area contributed by atoms with Crippen LogP contribution in [0.25, 0.3) is 0 Å². The van der Waals surface area contributed by atoms with E-state index in [-0.39, 0.29) is 21.5 Å². The summed E-state index contributed by atoms with van der Waals surface area (Å²) in [6, 6.07) is 7.69. The van der Waals surface area contributed by atoms with Gasteiger partial charge in [0.2, 0.25) is 0 Å². The minimum absolute atomic E-state index is 0.0669. The third kappa shape index (κ3) is 3.04. The zero-order valence-corrected chi connectivity index (χ0v) is 11.5. The SMILES string of the molecule is Nc1c(F)cccc1Nc1ccc(Br)c(C(F)(F)F)c1. The standard InChI is InChI=1S/C13H9BrF4N2/c14-9-5-4-7(6-8(9)13(16,17)18)20-11-3-1-2-10(15)12(11)19/h1-6,20H,19H2. The summed E-state index contributed by atoms with van der Waals surface area (Å²) in [6.45, 7) is 0. The van der Waals surface area contributed by atoms with Gasteiger partial charge in [-0.15, -0.1) is 0 Å². The van der Waals surface area contributed by atoms with Crippen LogP contribution in [0.5, 0.6) is 0 Å². The lowest BCUT2D eigenvalue weighted by atomic mass is 10.2. The predicted molar refractivity (Wildman–Crippen MR) is 73.2 cm³/mol. The highest BCUT2D eigenvalue weighted by Crippen LogP contribution is 2.37. The molecule has 3 N–H and O–H groups in total. The lowest BCUT2D eigenvalue weighted by Crippen LogP contribution is -2.07. The number of benzene rings is 2. The maximum atomic E-state index is 13.3. The third-order valence-corrected chi connectivity index (χ3v) is 3.30. The second-order valence-electron chi connectivity index (χ2n) is 4.02. The van der Waals surface area contributed by atoms with Crippen LogP contribution in [-0.2, 0) is 6.18 Å². The molecule has 0 heterocycles. The quantitative estimate of drug-likeness (QED) is 0.596. The minimum Gasteiger partial charge on any atom is -0.395 e. The molecule has 0 bridgehead atoms. The molecule has 106 valence electrons. The van der Waals surface area contributed by atoms with Crippen LogP contribution in [0.2, 0.25) is 0 Å². The molecular weight excluding hydrogens is 340 g/mol. The Kier molecular flexibility index (Phi) is 3.89. The topological polar surface area (TPSA) is 38.0 Å². The summed E-state index contributed by atoms with van der Waals surface area (Å²) in [5, 5.41) is 2.67. The molecule has 0 amide bonds. The molecule has 0 aromatic heterocycles. The number of nitrogens with one attached hydrogen (secondary N) is 1. The van der Waals surface area contributed by atoms with Crippen LogP contribution < -0.4 is 11.1 Å². The summed E-state index contributed by atoms with van der Waals surface area (Å²) in [5.74, 6) is -0.636. The molecule has 0 spiro atoms. The van der Waals surface area contributed by atoms with Crippen molar-refractivity contribution in [2.45, 2.75) is 6.18 Å². The average molecular weight is 349 g/mol. The van der Waals surface area contributed by atoms with Crippen LogP contribution in [0, 0.1) is 5.82 Å². The van der Waals surface area contributed by atoms with Gasteiger partial charge in [0, 0.05) is 10.2 Å². The van der Waals surface area contributed by atoms with E-state index in [1.54, 1.807) is 0 Å². The van der Waals surface area contributed by atoms with Crippen molar-refractivity contribution >= 4 is 33.0 Å². The maximum Gasteiger partial charge on any atom is 0.417 e. The van der Waals surface area contributed by atoms with Crippen molar-refractivity contribution in [3.63, 3.8) is 0 Å². The lowest BCUT2D eigenvalue weighted by Gasteiger charge is -2.13. The summed E-state index contributed by atoms with van der Waals surface area (Å²) in [5.41, 5.74) is 4.92. The predicted octanol–water partition coefficient (Wildman–Crippen LogP) is 4.93. The van der Waals surface area contributed by atoms with Crippen molar-refractivity contribution in [3.05, 3.63) is 52.3 Å². The van der Waals surface area contributed by atoms with Gasteiger partial charge in [-0.25, -0.2) is 4.39 Å². The van der Waals surface area contributed by atoms with Crippen LogP contribution in [0.4, 0.5) is 34.6 Å². The van der Waals surface area contributed by atoms with E-state index in [1.165, 1.54) is 30.3 Å². The number of halogens is 5. The van der Waals surface area contributed by atoms with Crippen molar-refractivity contribution in [3.8, 4) is 0 Å². The van der Waals surface area contributed by atoms with Gasteiger partial charge in [0.1, 0.15) is 5.82 Å². The van der Waals surface area contributed by atoms with Crippen molar-refractivity contribution in [2.24, 2.45) is 0 Å². The molecule has 7 heteroatoms. The number of anilines is 3. The molecule has 2 aromatic carbocycles. The van der Waals surface area contributed by atoms with Gasteiger partial charge >= 0.3 is 6.18 Å². The molecule has 0 aliphatic rings. The summed E-state index contributed by atoms with van der Waals surface area (Å²) in [6.07, 6.45) is -4.48. The van der Waals surface area contributed by atoms with E-state index in [0.29, 0.717) is 0 Å². The molecule has 2 aromatic rings. The van der Waals surface area contributed by atoms with Crippen molar-refractivity contribution in [1.82, 2.24) is 0 Å². The average Bonchev–Trinajstić information content (AvgIpc) is 2.36. The number of alkyl halides is 3. The van der Waals surface area contributed by atoms with Gasteiger partial charge in [0.25, 0.3) is 0 Å². The maximum absolute atomic E-state index is 13.3. The van der Waals surface area contributed by atoms with Gasteiger partial charge in [0.15, 0.2) is 0 Å². The highest BCUT2D eigenvalue weighted by atomic mass is 79.9. The largest absolute Gasteiger partial charge is 0.417 e. The second kappa shape index (κ2) is 5.32. The minimum atomic E-state index is -4.48. The van der Waals surface area contributed by atoms with Gasteiger partial charge in [-0.1, -0.05) is 22.0 Å². The number of rotatable bonds is 2. The molecule has 0 saturated carbocycles. The fourth-order valence-corrected chi connectivity index (χ4v) is 2.09. The van der Waals surface area contributed by atoms with Crippen LogP contribution in [0.15, 0.2) is 40.9 Å². The summed E-state index contributed by atoms with van der Waals surface area (Å²) < 4.78 is 51.5. The molecule has 0 aliphatic heterocycles. The van der Waals surface area contributed by atoms with Gasteiger partial charge in [-0.2, -0.15) is 13.2 Å². The summed E-state index contributed by atoms with van der Waals surface area (Å²) in [7, 11) is 0. The fraction of sp³-hybridized carbons (Fsp3) is 0.0769. The molecule has 0 unspecified atom stereocenters. The molecule has 0 atom stereocenters. The number of para-hydroxylation sites is 1. The van der Waals surface area contributed by atoms with E-state index < -0.39 is 17.6 Å². The second-order valence-corrected chi connectivity index (χ2v) is 4.87. The highest BCUT2D eigenvalue weighted by molar-refractivity contribution is 9.10. The number of nitrogen functional groups attached to an aromatic ring is 1. The summed E-state index contributed by atoms with van der Waals surface area (Å²) >= 11 is 2.85. The van der Waals surface area contributed by atoms with E-state index in [4.69, 9.17) is 5.73 Å². The normalized spacial score (nSPS) is 11.4. The lowest BCUT2D eigenvalue weighted by molar-refractivity contribution is -0.138. The van der Waals surface area contributed by atoms with E-state index in [2.05, 4.69) is 21.2 Å². The van der Waals surface area contributed by atoms with E-state index >= 15 is 0 Å². The monoisotopic (exact) mass is 348 g/mol. The van der Waals surface area contributed by atoms with Crippen LogP contribution in [0.1, 0.15) is 5.56 Å². The van der Waals surface area contributed by atoms with Gasteiger partial charge in [0.05, 0.1) is 16.9 Å². The van der Waals surface area contributed by atoms with Crippen molar-refractivity contribution < 1.29 is 17.6 Å². The first-order valence-corrected chi connectivity index (χ1v) is 6.26. The zero-order chi connectivity index (χ0) is 14.9.